The molecule has 0 radical (unpaired) electrons. The molecule has 5 nitrogen and oxygen atoms in total. The number of hydrogen-bond donors (Lipinski definition) is 1. The molecule has 3 heterocycles. The Morgan fingerprint density at radius 3 is 2.55 bits per heavy atom. The highest BCUT2D eigenvalue weighted by Gasteiger charge is 2.40. The maximum Gasteiger partial charge on any atom is 0.279 e. The van der Waals surface area contributed by atoms with Gasteiger partial charge in [-0.2, -0.15) is 0 Å². The number of thiazole rings is 1. The molecule has 1 unspecified atom stereocenters. The van der Waals surface area contributed by atoms with Crippen LogP contribution in [0.5, 0.6) is 10.9 Å². The summed E-state index contributed by atoms with van der Waals surface area (Å²) in [4.78, 5) is 18.6. The van der Waals surface area contributed by atoms with E-state index in [0.29, 0.717) is 23.3 Å². The molecule has 6 heteroatoms. The van der Waals surface area contributed by atoms with Crippen LogP contribution in [0.3, 0.4) is 0 Å². The molecule has 5 rings (SSSR count). The van der Waals surface area contributed by atoms with Gasteiger partial charge in [0, 0.05) is 31.6 Å². The van der Waals surface area contributed by atoms with E-state index in [1.54, 1.807) is 18.3 Å². The summed E-state index contributed by atoms with van der Waals surface area (Å²) in [6.07, 6.45) is 4.60. The van der Waals surface area contributed by atoms with Crippen molar-refractivity contribution in [1.29, 1.82) is 0 Å². The predicted octanol–water partition coefficient (Wildman–Crippen LogP) is 4.72. The second-order valence-electron chi connectivity index (χ2n) is 8.12. The Bertz CT molecular complexity index is 969. The molecule has 0 spiro atoms. The van der Waals surface area contributed by atoms with Crippen molar-refractivity contribution in [2.75, 3.05) is 0 Å². The number of piperidine rings is 1. The van der Waals surface area contributed by atoms with Gasteiger partial charge < -0.3 is 10.1 Å². The Morgan fingerprint density at radius 1 is 1.14 bits per heavy atom. The molecule has 1 amide bonds. The standard InChI is InChI=1S/C23H25N3O2S/c1-15(27)24-17-12-18-8-9-19(13-17)26(18)14-16-6-10-20(11-7-16)28-23-25-21-4-2-3-5-22(21)29-23/h2-7,10-11,17-19H,8-9,12-14H2,1H3,(H,24,27)/t17?,18-,19+. The van der Waals surface area contributed by atoms with Gasteiger partial charge in [0.05, 0.1) is 10.2 Å². The molecule has 0 saturated carbocycles. The van der Waals surface area contributed by atoms with Crippen molar-refractivity contribution in [3.05, 3.63) is 54.1 Å². The fraction of sp³-hybridized carbons (Fsp3) is 0.391. The van der Waals surface area contributed by atoms with E-state index in [0.717, 1.165) is 35.4 Å². The molecule has 2 aliphatic rings. The number of rotatable bonds is 5. The second-order valence-corrected chi connectivity index (χ2v) is 9.11. The maximum absolute atomic E-state index is 11.4. The summed E-state index contributed by atoms with van der Waals surface area (Å²) in [5, 5.41) is 3.80. The molecule has 150 valence electrons. The minimum Gasteiger partial charge on any atom is -0.431 e. The molecule has 3 atom stereocenters. The number of carbonyl (C=O) groups excluding carboxylic acids is 1. The van der Waals surface area contributed by atoms with Crippen molar-refractivity contribution in [3.63, 3.8) is 0 Å². The number of fused-ring (bicyclic) bond motifs is 3. The van der Waals surface area contributed by atoms with E-state index < -0.39 is 0 Å². The number of nitrogens with zero attached hydrogens (tertiary/aromatic N) is 2. The van der Waals surface area contributed by atoms with Crippen LogP contribution in [0.1, 0.15) is 38.2 Å². The van der Waals surface area contributed by atoms with Gasteiger partial charge in [0.2, 0.25) is 5.91 Å². The van der Waals surface area contributed by atoms with E-state index in [2.05, 4.69) is 33.4 Å². The van der Waals surface area contributed by atoms with E-state index in [-0.39, 0.29) is 5.91 Å². The molecule has 2 aliphatic heterocycles. The van der Waals surface area contributed by atoms with E-state index in [4.69, 9.17) is 4.74 Å². The Morgan fingerprint density at radius 2 is 1.86 bits per heavy atom. The van der Waals surface area contributed by atoms with Gasteiger partial charge in [-0.15, -0.1) is 0 Å². The lowest BCUT2D eigenvalue weighted by atomic mass is 9.96. The average molecular weight is 408 g/mol. The smallest absolute Gasteiger partial charge is 0.279 e. The van der Waals surface area contributed by atoms with Gasteiger partial charge in [-0.1, -0.05) is 35.6 Å². The molecule has 2 bridgehead atoms. The van der Waals surface area contributed by atoms with Crippen molar-refractivity contribution in [3.8, 4) is 10.9 Å². The third kappa shape index (κ3) is 4.00. The zero-order valence-electron chi connectivity index (χ0n) is 16.5. The fourth-order valence-corrected chi connectivity index (χ4v) is 5.64. The molecule has 1 N–H and O–H groups in total. The summed E-state index contributed by atoms with van der Waals surface area (Å²) in [6, 6.07) is 17.9. The summed E-state index contributed by atoms with van der Waals surface area (Å²) in [5.74, 6) is 0.909. The van der Waals surface area contributed by atoms with Crippen LogP contribution in [-0.2, 0) is 11.3 Å². The molecular weight excluding hydrogens is 382 g/mol. The second kappa shape index (κ2) is 7.76. The largest absolute Gasteiger partial charge is 0.431 e. The third-order valence-corrected chi connectivity index (χ3v) is 6.97. The van der Waals surface area contributed by atoms with Crippen molar-refractivity contribution < 1.29 is 9.53 Å². The summed E-state index contributed by atoms with van der Waals surface area (Å²) in [7, 11) is 0. The zero-order valence-corrected chi connectivity index (χ0v) is 17.3. The van der Waals surface area contributed by atoms with Crippen molar-refractivity contribution in [1.82, 2.24) is 15.2 Å². The number of carbonyl (C=O) groups is 1. The number of para-hydroxylation sites is 1. The van der Waals surface area contributed by atoms with Crippen LogP contribution in [-0.4, -0.2) is 33.9 Å². The monoisotopic (exact) mass is 407 g/mol. The predicted molar refractivity (Wildman–Crippen MR) is 115 cm³/mol. The normalized spacial score (nSPS) is 24.0. The lowest BCUT2D eigenvalue weighted by molar-refractivity contribution is -0.120. The molecule has 2 saturated heterocycles. The van der Waals surface area contributed by atoms with E-state index in [1.165, 1.54) is 18.4 Å². The van der Waals surface area contributed by atoms with Gasteiger partial charge >= 0.3 is 0 Å². The molecule has 29 heavy (non-hydrogen) atoms. The lowest BCUT2D eigenvalue weighted by Crippen LogP contribution is -2.49. The van der Waals surface area contributed by atoms with Crippen LogP contribution in [0.15, 0.2) is 48.5 Å². The fourth-order valence-electron chi connectivity index (χ4n) is 4.81. The Hall–Kier alpha value is -2.44. The third-order valence-electron chi connectivity index (χ3n) is 6.06. The molecule has 1 aromatic heterocycles. The van der Waals surface area contributed by atoms with Gasteiger partial charge in [0.1, 0.15) is 5.75 Å². The van der Waals surface area contributed by atoms with Crippen LogP contribution in [0, 0.1) is 0 Å². The SMILES string of the molecule is CC(=O)NC1C[C@H]2CC[C@@H](C1)N2Cc1ccc(Oc2nc3ccccc3s2)cc1. The molecule has 2 aromatic carbocycles. The minimum absolute atomic E-state index is 0.0894. The highest BCUT2D eigenvalue weighted by molar-refractivity contribution is 7.20. The quantitative estimate of drug-likeness (QED) is 0.665. The first-order valence-electron chi connectivity index (χ1n) is 10.3. The summed E-state index contributed by atoms with van der Waals surface area (Å²) in [5.41, 5.74) is 2.28. The first-order chi connectivity index (χ1) is 14.1. The van der Waals surface area contributed by atoms with Gasteiger partial charge in [-0.3, -0.25) is 9.69 Å². The van der Waals surface area contributed by atoms with E-state index in [9.17, 15) is 4.79 Å². The number of amides is 1. The summed E-state index contributed by atoms with van der Waals surface area (Å²) >= 11 is 1.57. The average Bonchev–Trinajstić information content (AvgIpc) is 3.20. The van der Waals surface area contributed by atoms with Gasteiger partial charge in [0.15, 0.2) is 0 Å². The van der Waals surface area contributed by atoms with Gasteiger partial charge in [-0.25, -0.2) is 4.98 Å². The highest BCUT2D eigenvalue weighted by Crippen LogP contribution is 2.37. The number of benzene rings is 2. The van der Waals surface area contributed by atoms with Crippen LogP contribution in [0.4, 0.5) is 0 Å². The first-order valence-corrected chi connectivity index (χ1v) is 11.1. The molecule has 0 aliphatic carbocycles. The van der Waals surface area contributed by atoms with Crippen LogP contribution in [0.25, 0.3) is 10.2 Å². The van der Waals surface area contributed by atoms with E-state index in [1.807, 2.05) is 30.3 Å². The van der Waals surface area contributed by atoms with Crippen molar-refractivity contribution in [2.24, 2.45) is 0 Å². The van der Waals surface area contributed by atoms with Crippen molar-refractivity contribution >= 4 is 27.5 Å². The topological polar surface area (TPSA) is 54.5 Å². The molecule has 2 fully saturated rings. The Kier molecular flexibility index (Phi) is 4.97. The lowest BCUT2D eigenvalue weighted by Gasteiger charge is -2.39. The van der Waals surface area contributed by atoms with Crippen LogP contribution in [0.2, 0.25) is 0 Å². The summed E-state index contributed by atoms with van der Waals surface area (Å²) in [6.45, 7) is 2.58. The van der Waals surface area contributed by atoms with Crippen LogP contribution >= 0.6 is 11.3 Å². The highest BCUT2D eigenvalue weighted by atomic mass is 32.1. The zero-order chi connectivity index (χ0) is 19.8. The minimum atomic E-state index is 0.0894. The molecule has 3 aromatic rings. The van der Waals surface area contributed by atoms with Crippen LogP contribution < -0.4 is 10.1 Å². The Labute approximate surface area is 174 Å². The Balaban J connectivity index is 1.22. The number of hydrogen-bond acceptors (Lipinski definition) is 5. The van der Waals surface area contributed by atoms with E-state index >= 15 is 0 Å². The van der Waals surface area contributed by atoms with Gasteiger partial charge in [-0.05, 0) is 55.5 Å². The molecular formula is C23H25N3O2S. The number of nitrogens with one attached hydrogen (secondary N) is 1. The summed E-state index contributed by atoms with van der Waals surface area (Å²) < 4.78 is 7.10. The van der Waals surface area contributed by atoms with Crippen molar-refractivity contribution in [2.45, 2.75) is 57.3 Å². The maximum atomic E-state index is 11.4. The number of aromatic nitrogens is 1. The number of ether oxygens (including phenoxy) is 1. The first kappa shape index (κ1) is 18.6. The van der Waals surface area contributed by atoms with Gasteiger partial charge in [0.25, 0.3) is 5.19 Å².